The summed E-state index contributed by atoms with van der Waals surface area (Å²) in [5.41, 5.74) is -0.766. The molecule has 0 N–H and O–H groups in total. The third-order valence-corrected chi connectivity index (χ3v) is 4.05. The Kier molecular flexibility index (Phi) is 4.17. The van der Waals surface area contributed by atoms with Gasteiger partial charge in [-0.1, -0.05) is 19.3 Å². The summed E-state index contributed by atoms with van der Waals surface area (Å²) in [7, 11) is 0. The fraction of sp³-hybridized carbons (Fsp3) is 0.500. The lowest BCUT2D eigenvalue weighted by Crippen LogP contribution is -2.25. The van der Waals surface area contributed by atoms with Gasteiger partial charge in [-0.05, 0) is 25.3 Å². The zero-order chi connectivity index (χ0) is 15.5. The minimum atomic E-state index is -0.655. The summed E-state index contributed by atoms with van der Waals surface area (Å²) in [6.45, 7) is 0. The second kappa shape index (κ2) is 5.87. The van der Waals surface area contributed by atoms with Crippen molar-refractivity contribution in [3.8, 4) is 6.07 Å². The molecule has 0 heterocycles. The molecule has 1 aliphatic carbocycles. The Labute approximate surface area is 121 Å². The molecular weight excluding hydrogens is 274 g/mol. The first kappa shape index (κ1) is 14.9. The van der Waals surface area contributed by atoms with Gasteiger partial charge in [0.2, 0.25) is 0 Å². The van der Waals surface area contributed by atoms with Gasteiger partial charge in [0, 0.05) is 11.6 Å². The summed E-state index contributed by atoms with van der Waals surface area (Å²) in [5.74, 6) is 0. The SMILES string of the molecule is N#CC1(Cc2ccc([N+](=O)[O-])cc2[N+](=O)[O-])CCCCC1. The molecule has 0 radical (unpaired) electrons. The topological polar surface area (TPSA) is 110 Å². The molecule has 21 heavy (non-hydrogen) atoms. The molecule has 1 fully saturated rings. The molecule has 0 spiro atoms. The molecule has 1 aromatic rings. The number of nitro groups is 2. The lowest BCUT2D eigenvalue weighted by molar-refractivity contribution is -0.394. The molecule has 7 nitrogen and oxygen atoms in total. The van der Waals surface area contributed by atoms with Crippen LogP contribution in [0.25, 0.3) is 0 Å². The van der Waals surface area contributed by atoms with Crippen LogP contribution in [0.1, 0.15) is 37.7 Å². The Morgan fingerprint density at radius 3 is 2.33 bits per heavy atom. The van der Waals surface area contributed by atoms with Crippen molar-refractivity contribution in [2.75, 3.05) is 0 Å². The molecular formula is C14H15N3O4. The van der Waals surface area contributed by atoms with Crippen LogP contribution in [0.2, 0.25) is 0 Å². The van der Waals surface area contributed by atoms with Crippen molar-refractivity contribution in [3.05, 3.63) is 44.0 Å². The van der Waals surface area contributed by atoms with Crippen molar-refractivity contribution in [3.63, 3.8) is 0 Å². The van der Waals surface area contributed by atoms with Crippen LogP contribution < -0.4 is 0 Å². The summed E-state index contributed by atoms with van der Waals surface area (Å²) in [4.78, 5) is 20.6. The lowest BCUT2D eigenvalue weighted by atomic mass is 9.71. The van der Waals surface area contributed by atoms with Gasteiger partial charge >= 0.3 is 0 Å². The Bertz CT molecular complexity index is 615. The molecule has 1 aromatic carbocycles. The van der Waals surface area contributed by atoms with E-state index in [-0.39, 0.29) is 17.8 Å². The number of nitrogens with zero attached hydrogens (tertiary/aromatic N) is 3. The van der Waals surface area contributed by atoms with Gasteiger partial charge in [0.05, 0.1) is 27.4 Å². The smallest absolute Gasteiger partial charge is 0.258 e. The first-order chi connectivity index (χ1) is 9.97. The van der Waals surface area contributed by atoms with Crippen molar-refractivity contribution < 1.29 is 9.85 Å². The monoisotopic (exact) mass is 289 g/mol. The van der Waals surface area contributed by atoms with E-state index in [4.69, 9.17) is 0 Å². The third-order valence-electron chi connectivity index (χ3n) is 4.05. The summed E-state index contributed by atoms with van der Waals surface area (Å²) in [6, 6.07) is 5.96. The molecule has 0 atom stereocenters. The number of rotatable bonds is 4. The first-order valence-electron chi connectivity index (χ1n) is 6.80. The van der Waals surface area contributed by atoms with E-state index in [1.807, 2.05) is 0 Å². The van der Waals surface area contributed by atoms with Crippen LogP contribution in [-0.2, 0) is 6.42 Å². The van der Waals surface area contributed by atoms with E-state index in [1.54, 1.807) is 0 Å². The number of nitro benzene ring substituents is 2. The van der Waals surface area contributed by atoms with Gasteiger partial charge < -0.3 is 0 Å². The molecule has 0 aromatic heterocycles. The third kappa shape index (κ3) is 3.16. The lowest BCUT2D eigenvalue weighted by Gasteiger charge is -2.30. The summed E-state index contributed by atoms with van der Waals surface area (Å²) in [6.07, 6.45) is 4.67. The zero-order valence-corrected chi connectivity index (χ0v) is 11.4. The standard InChI is InChI=1S/C14H15N3O4/c15-10-14(6-2-1-3-7-14)9-11-4-5-12(16(18)19)8-13(11)17(20)21/h4-5,8H,1-3,6-7,9H2. The number of non-ortho nitro benzene ring substituents is 1. The Balaban J connectivity index is 2.37. The predicted molar refractivity (Wildman–Crippen MR) is 74.6 cm³/mol. The van der Waals surface area contributed by atoms with E-state index in [9.17, 15) is 25.5 Å². The van der Waals surface area contributed by atoms with Crippen molar-refractivity contribution in [1.82, 2.24) is 0 Å². The van der Waals surface area contributed by atoms with Crippen molar-refractivity contribution in [2.24, 2.45) is 5.41 Å². The summed E-state index contributed by atoms with van der Waals surface area (Å²) < 4.78 is 0. The average Bonchev–Trinajstić information content (AvgIpc) is 2.48. The van der Waals surface area contributed by atoms with Gasteiger partial charge in [-0.2, -0.15) is 5.26 Å². The van der Waals surface area contributed by atoms with E-state index >= 15 is 0 Å². The average molecular weight is 289 g/mol. The Morgan fingerprint density at radius 2 is 1.81 bits per heavy atom. The second-order valence-corrected chi connectivity index (χ2v) is 5.46. The van der Waals surface area contributed by atoms with E-state index < -0.39 is 15.3 Å². The molecule has 7 heteroatoms. The maximum absolute atomic E-state index is 11.1. The Morgan fingerprint density at radius 1 is 1.14 bits per heavy atom. The quantitative estimate of drug-likeness (QED) is 0.622. The highest BCUT2D eigenvalue weighted by atomic mass is 16.6. The van der Waals surface area contributed by atoms with Crippen LogP contribution in [0.15, 0.2) is 18.2 Å². The number of hydrogen-bond acceptors (Lipinski definition) is 5. The van der Waals surface area contributed by atoms with Crippen molar-refractivity contribution in [2.45, 2.75) is 38.5 Å². The highest BCUT2D eigenvalue weighted by Gasteiger charge is 2.34. The minimum absolute atomic E-state index is 0.274. The first-order valence-corrected chi connectivity index (χ1v) is 6.80. The molecule has 0 unspecified atom stereocenters. The second-order valence-electron chi connectivity index (χ2n) is 5.46. The van der Waals surface area contributed by atoms with Crippen LogP contribution in [0.3, 0.4) is 0 Å². The van der Waals surface area contributed by atoms with E-state index in [1.165, 1.54) is 12.1 Å². The van der Waals surface area contributed by atoms with Gasteiger partial charge in [0.15, 0.2) is 0 Å². The van der Waals surface area contributed by atoms with Gasteiger partial charge in [0.25, 0.3) is 11.4 Å². The van der Waals surface area contributed by atoms with Gasteiger partial charge in [-0.3, -0.25) is 20.2 Å². The normalized spacial score (nSPS) is 16.9. The van der Waals surface area contributed by atoms with Gasteiger partial charge in [-0.15, -0.1) is 0 Å². The molecule has 0 saturated heterocycles. The van der Waals surface area contributed by atoms with Crippen molar-refractivity contribution >= 4 is 11.4 Å². The molecule has 1 saturated carbocycles. The van der Waals surface area contributed by atoms with Crippen LogP contribution in [0.5, 0.6) is 0 Å². The van der Waals surface area contributed by atoms with Crippen LogP contribution in [-0.4, -0.2) is 9.85 Å². The van der Waals surface area contributed by atoms with Crippen LogP contribution in [0, 0.1) is 37.0 Å². The van der Waals surface area contributed by atoms with E-state index in [2.05, 4.69) is 6.07 Å². The van der Waals surface area contributed by atoms with Gasteiger partial charge in [-0.25, -0.2) is 0 Å². The number of benzene rings is 1. The fourth-order valence-electron chi connectivity index (χ4n) is 2.91. The molecule has 110 valence electrons. The summed E-state index contributed by atoms with van der Waals surface area (Å²) in [5, 5.41) is 31.3. The van der Waals surface area contributed by atoms with Gasteiger partial charge in [0.1, 0.15) is 0 Å². The molecule has 0 aliphatic heterocycles. The maximum atomic E-state index is 11.1. The maximum Gasteiger partial charge on any atom is 0.279 e. The van der Waals surface area contributed by atoms with Crippen LogP contribution in [0.4, 0.5) is 11.4 Å². The van der Waals surface area contributed by atoms with E-state index in [0.29, 0.717) is 5.56 Å². The number of nitriles is 1. The minimum Gasteiger partial charge on any atom is -0.258 e. The van der Waals surface area contributed by atoms with Crippen LogP contribution >= 0.6 is 0 Å². The highest BCUT2D eigenvalue weighted by molar-refractivity contribution is 5.49. The molecule has 0 amide bonds. The van der Waals surface area contributed by atoms with Crippen molar-refractivity contribution in [1.29, 1.82) is 5.26 Å². The number of hydrogen-bond donors (Lipinski definition) is 0. The Hall–Kier alpha value is -2.49. The predicted octanol–water partition coefficient (Wildman–Crippen LogP) is 3.52. The molecule has 0 bridgehead atoms. The highest BCUT2D eigenvalue weighted by Crippen LogP contribution is 2.40. The molecule has 2 rings (SSSR count). The summed E-state index contributed by atoms with van der Waals surface area (Å²) >= 11 is 0. The molecule has 1 aliphatic rings. The zero-order valence-electron chi connectivity index (χ0n) is 11.4. The van der Waals surface area contributed by atoms with E-state index in [0.717, 1.165) is 38.2 Å². The largest absolute Gasteiger partial charge is 0.279 e. The fourth-order valence-corrected chi connectivity index (χ4v) is 2.91.